The number of rotatable bonds is 3. The van der Waals surface area contributed by atoms with Crippen molar-refractivity contribution in [2.75, 3.05) is 0 Å². The molecule has 0 aliphatic heterocycles. The minimum absolute atomic E-state index is 0. The first kappa shape index (κ1) is 12.6. The second-order valence-corrected chi connectivity index (χ2v) is 2.46. The van der Waals surface area contributed by atoms with Gasteiger partial charge in [0.25, 0.3) is 0 Å². The molecule has 1 aromatic rings. The number of ether oxygens (including phenoxy) is 1. The van der Waals surface area contributed by atoms with E-state index < -0.39 is 0 Å². The first-order chi connectivity index (χ1) is 5.25. The van der Waals surface area contributed by atoms with Gasteiger partial charge in [-0.1, -0.05) is 5.21 Å². The summed E-state index contributed by atoms with van der Waals surface area (Å²) in [5.41, 5.74) is 1.98. The number of aromatic nitrogens is 3. The van der Waals surface area contributed by atoms with Crippen LogP contribution in [0.3, 0.4) is 0 Å². The van der Waals surface area contributed by atoms with Crippen molar-refractivity contribution >= 4 is 9.24 Å². The van der Waals surface area contributed by atoms with Gasteiger partial charge in [0.1, 0.15) is 6.73 Å². The molecule has 0 amide bonds. The molecule has 4 nitrogen and oxygen atoms in total. The van der Waals surface area contributed by atoms with E-state index in [1.54, 1.807) is 11.0 Å². The average molecular weight is 410 g/mol. The summed E-state index contributed by atoms with van der Waals surface area (Å²) >= 11 is 0. The predicted molar refractivity (Wildman–Crippen MR) is 44.6 cm³/mol. The molecule has 0 saturated carbocycles. The van der Waals surface area contributed by atoms with Gasteiger partial charge in [-0.15, -0.1) is 5.10 Å². The van der Waals surface area contributed by atoms with E-state index in [-0.39, 0.29) is 31.1 Å². The van der Waals surface area contributed by atoms with Gasteiger partial charge in [0.15, 0.2) is 0 Å². The molecule has 66 valence electrons. The Kier molecular flexibility index (Phi) is 6.40. The summed E-state index contributed by atoms with van der Waals surface area (Å²) in [7, 11) is 2.36. The quantitative estimate of drug-likeness (QED) is 0.549. The molecular weight excluding hydrogens is 399 g/mol. The normalized spacial score (nSPS) is 9.58. The van der Waals surface area contributed by atoms with Crippen molar-refractivity contribution in [3.05, 3.63) is 17.7 Å². The molecule has 0 aliphatic carbocycles. The van der Waals surface area contributed by atoms with Gasteiger partial charge in [-0.3, -0.25) is 9.24 Å². The Morgan fingerprint density at radius 1 is 1.58 bits per heavy atom. The molecule has 6 heteroatoms. The number of hydrogen-bond acceptors (Lipinski definition) is 3. The Bertz CT molecular complexity index is 241. The number of aryl methyl sites for hydroxylation is 1. The fourth-order valence-corrected chi connectivity index (χ4v) is 0.770. The second-order valence-electron chi connectivity index (χ2n) is 2.19. The van der Waals surface area contributed by atoms with Gasteiger partial charge < -0.3 is 4.74 Å². The van der Waals surface area contributed by atoms with Crippen LogP contribution in [-0.4, -0.2) is 15.0 Å². The Morgan fingerprint density at radius 2 is 2.25 bits per heavy atom. The Hall–Kier alpha value is 0.582. The van der Waals surface area contributed by atoms with Gasteiger partial charge in [-0.2, -0.15) is 6.35 Å². The Morgan fingerprint density at radius 3 is 2.67 bits per heavy atom. The molecule has 12 heavy (non-hydrogen) atoms. The summed E-state index contributed by atoms with van der Waals surface area (Å²) in [4.78, 5) is 0. The van der Waals surface area contributed by atoms with Crippen molar-refractivity contribution in [2.45, 2.75) is 20.6 Å². The van der Waals surface area contributed by atoms with Gasteiger partial charge in [0.2, 0.25) is 0 Å². The zero-order valence-electron chi connectivity index (χ0n) is 7.11. The third-order valence-electron chi connectivity index (χ3n) is 1.51. The van der Waals surface area contributed by atoms with Crippen LogP contribution in [-0.2, 0) is 11.5 Å². The van der Waals surface area contributed by atoms with E-state index in [0.717, 1.165) is 11.4 Å². The van der Waals surface area contributed by atoms with E-state index >= 15 is 0 Å². The molecule has 1 aromatic heterocycles. The third-order valence-corrected chi connectivity index (χ3v) is 1.70. The fraction of sp³-hybridized carbons (Fsp3) is 0.500. The Labute approximate surface area is 98.0 Å². The van der Waals surface area contributed by atoms with E-state index in [9.17, 15) is 0 Å². The van der Waals surface area contributed by atoms with E-state index in [2.05, 4.69) is 19.6 Å². The molecule has 0 spiro atoms. The van der Waals surface area contributed by atoms with E-state index in [1.165, 1.54) is 0 Å². The maximum Gasteiger partial charge on any atom is 0.111 e. The van der Waals surface area contributed by atoms with Crippen LogP contribution in [0.2, 0.25) is 0 Å². The maximum atomic E-state index is 5.01. The minimum Gasteiger partial charge on any atom is -0.531 e. The van der Waals surface area contributed by atoms with Gasteiger partial charge in [0, 0.05) is 31.1 Å². The number of nitrogens with zero attached hydrogens (tertiary/aromatic N) is 3. The van der Waals surface area contributed by atoms with Crippen molar-refractivity contribution < 1.29 is 35.9 Å². The molecule has 1 rings (SSSR count). The largest absolute Gasteiger partial charge is 0.531 e. The van der Waals surface area contributed by atoms with Crippen LogP contribution in [0, 0.1) is 51.3 Å². The fourth-order valence-electron chi connectivity index (χ4n) is 0.684. The summed E-state index contributed by atoms with van der Waals surface area (Å²) in [6, 6.07) is 0. The van der Waals surface area contributed by atoms with E-state index in [4.69, 9.17) is 4.74 Å². The summed E-state index contributed by atoms with van der Waals surface area (Å²) < 4.78 is 6.72. The SMILES string of the molecule is Cc1nnn(CO[CH-]P)c1C.[U]. The van der Waals surface area contributed by atoms with Gasteiger partial charge in [0.05, 0.1) is 11.4 Å². The molecule has 0 aromatic carbocycles. The molecule has 0 fully saturated rings. The van der Waals surface area contributed by atoms with E-state index in [1.807, 2.05) is 13.8 Å². The van der Waals surface area contributed by atoms with Crippen molar-refractivity contribution in [3.63, 3.8) is 0 Å². The average Bonchev–Trinajstić information content (AvgIpc) is 2.31. The summed E-state index contributed by atoms with van der Waals surface area (Å²) in [5.74, 6) is 0. The summed E-state index contributed by atoms with van der Waals surface area (Å²) in [6.07, 6.45) is 1.55. The van der Waals surface area contributed by atoms with Crippen LogP contribution in [0.1, 0.15) is 11.4 Å². The predicted octanol–water partition coefficient (Wildman–Crippen LogP) is 0.863. The first-order valence-corrected chi connectivity index (χ1v) is 3.94. The van der Waals surface area contributed by atoms with Crippen LogP contribution in [0.4, 0.5) is 0 Å². The molecule has 1 heterocycles. The molecule has 0 bridgehead atoms. The second kappa shape index (κ2) is 6.10. The van der Waals surface area contributed by atoms with Crippen LogP contribution in [0.25, 0.3) is 0 Å². The van der Waals surface area contributed by atoms with Crippen LogP contribution in [0.5, 0.6) is 0 Å². The van der Waals surface area contributed by atoms with Crippen molar-refractivity contribution in [1.82, 2.24) is 15.0 Å². The monoisotopic (exact) mass is 410 g/mol. The van der Waals surface area contributed by atoms with Gasteiger partial charge >= 0.3 is 0 Å². The van der Waals surface area contributed by atoms with Crippen molar-refractivity contribution in [2.24, 2.45) is 0 Å². The molecule has 1 unspecified atom stereocenters. The van der Waals surface area contributed by atoms with Crippen LogP contribution >= 0.6 is 9.24 Å². The van der Waals surface area contributed by atoms with Crippen molar-refractivity contribution in [3.8, 4) is 0 Å². The maximum absolute atomic E-state index is 5.01. The first-order valence-electron chi connectivity index (χ1n) is 3.27. The van der Waals surface area contributed by atoms with Gasteiger partial charge in [-0.25, -0.2) is 4.68 Å². The topological polar surface area (TPSA) is 39.9 Å². The summed E-state index contributed by atoms with van der Waals surface area (Å²) in [5, 5.41) is 7.75. The zero-order valence-corrected chi connectivity index (χ0v) is 12.4. The molecule has 0 saturated heterocycles. The molecule has 0 radical (unpaired) electrons. The minimum atomic E-state index is 0. The molecule has 1 atom stereocenters. The molecule has 0 aliphatic rings. The van der Waals surface area contributed by atoms with Gasteiger partial charge in [-0.05, 0) is 13.8 Å². The molecular formula is C6H11N3OPU-. The summed E-state index contributed by atoms with van der Waals surface area (Å²) in [6.45, 7) is 4.31. The smallest absolute Gasteiger partial charge is 0.111 e. The molecule has 0 N–H and O–H groups in total. The third kappa shape index (κ3) is 3.14. The zero-order chi connectivity index (χ0) is 8.27. The van der Waals surface area contributed by atoms with Crippen LogP contribution < -0.4 is 0 Å². The van der Waals surface area contributed by atoms with E-state index in [0.29, 0.717) is 6.73 Å². The standard InChI is InChI=1S/C6H11N3OP.U/c1-5-6(2)9(8-7-5)3-10-4-11;/h4H,3,11H2,1-2H3;/q-1;. The van der Waals surface area contributed by atoms with Crippen molar-refractivity contribution in [1.29, 1.82) is 0 Å². The Balaban J connectivity index is 0.00000121. The van der Waals surface area contributed by atoms with Crippen LogP contribution in [0.15, 0.2) is 0 Å². The number of hydrogen-bond donors (Lipinski definition) is 0.